The quantitative estimate of drug-likeness (QED) is 0.898. The molecule has 0 unspecified atom stereocenters. The lowest BCUT2D eigenvalue weighted by Crippen LogP contribution is -2.38. The summed E-state index contributed by atoms with van der Waals surface area (Å²) < 4.78 is 70.6. The van der Waals surface area contributed by atoms with Crippen molar-refractivity contribution >= 4 is 21.4 Å². The first kappa shape index (κ1) is 17.4. The van der Waals surface area contributed by atoms with Crippen LogP contribution in [-0.4, -0.2) is 28.6 Å². The lowest BCUT2D eigenvalue weighted by Gasteiger charge is -2.31. The Morgan fingerprint density at radius 3 is 2.60 bits per heavy atom. The highest BCUT2D eigenvalue weighted by atomic mass is 32.2. The standard InChI is InChI=1S/C16H15F3N2O3S/c1-24-12-5-6-15-14(10-12)20-7-8-21(15)25(22,23)13-4-2-3-11(9-13)16(17,18)19/h2-6,9-10,20H,7-8H2,1H3. The Bertz CT molecular complexity index is 898. The molecule has 5 nitrogen and oxygen atoms in total. The average Bonchev–Trinajstić information content (AvgIpc) is 2.60. The Morgan fingerprint density at radius 2 is 1.92 bits per heavy atom. The van der Waals surface area contributed by atoms with Gasteiger partial charge in [-0.2, -0.15) is 13.2 Å². The van der Waals surface area contributed by atoms with Crippen LogP contribution in [0.1, 0.15) is 5.56 Å². The van der Waals surface area contributed by atoms with E-state index in [1.165, 1.54) is 7.11 Å². The second-order valence-corrected chi connectivity index (χ2v) is 7.27. The van der Waals surface area contributed by atoms with E-state index in [2.05, 4.69) is 5.32 Å². The van der Waals surface area contributed by atoms with E-state index in [0.29, 0.717) is 29.7 Å². The SMILES string of the molecule is COc1ccc2c(c1)NCCN2S(=O)(=O)c1cccc(C(F)(F)F)c1. The van der Waals surface area contributed by atoms with E-state index in [1.54, 1.807) is 18.2 Å². The summed E-state index contributed by atoms with van der Waals surface area (Å²) in [7, 11) is -2.64. The number of sulfonamides is 1. The van der Waals surface area contributed by atoms with Crippen molar-refractivity contribution in [2.75, 3.05) is 29.8 Å². The Kier molecular flexibility index (Phi) is 4.28. The fourth-order valence-corrected chi connectivity index (χ4v) is 4.15. The van der Waals surface area contributed by atoms with Gasteiger partial charge in [-0.15, -0.1) is 0 Å². The minimum atomic E-state index is -4.61. The van der Waals surface area contributed by atoms with Crippen LogP contribution in [0, 0.1) is 0 Å². The summed E-state index contributed by atoms with van der Waals surface area (Å²) in [5, 5.41) is 3.06. The fraction of sp³-hybridized carbons (Fsp3) is 0.250. The van der Waals surface area contributed by atoms with Crippen molar-refractivity contribution in [3.05, 3.63) is 48.0 Å². The van der Waals surface area contributed by atoms with Crippen LogP contribution in [0.15, 0.2) is 47.4 Å². The van der Waals surface area contributed by atoms with Crippen LogP contribution < -0.4 is 14.4 Å². The van der Waals surface area contributed by atoms with Crippen molar-refractivity contribution in [3.63, 3.8) is 0 Å². The second-order valence-electron chi connectivity index (χ2n) is 5.41. The number of nitrogens with zero attached hydrogens (tertiary/aromatic N) is 1. The number of anilines is 2. The monoisotopic (exact) mass is 372 g/mol. The summed E-state index contributed by atoms with van der Waals surface area (Å²) in [5.41, 5.74) is -0.0933. The predicted molar refractivity (Wildman–Crippen MR) is 87.5 cm³/mol. The maximum Gasteiger partial charge on any atom is 0.416 e. The number of benzene rings is 2. The van der Waals surface area contributed by atoms with E-state index < -0.39 is 26.7 Å². The Labute approximate surface area is 143 Å². The predicted octanol–water partition coefficient (Wildman–Crippen LogP) is 3.33. The molecule has 1 aliphatic rings. The number of hydrogen-bond acceptors (Lipinski definition) is 4. The van der Waals surface area contributed by atoms with Gasteiger partial charge >= 0.3 is 6.18 Å². The van der Waals surface area contributed by atoms with Gasteiger partial charge in [-0.05, 0) is 30.3 Å². The van der Waals surface area contributed by atoms with Crippen molar-refractivity contribution in [1.82, 2.24) is 0 Å². The molecule has 2 aromatic rings. The minimum absolute atomic E-state index is 0.109. The summed E-state index contributed by atoms with van der Waals surface area (Å²) in [6.45, 7) is 0.441. The van der Waals surface area contributed by atoms with Crippen LogP contribution in [0.3, 0.4) is 0 Å². The molecule has 1 N–H and O–H groups in total. The first-order chi connectivity index (χ1) is 11.7. The number of ether oxygens (including phenoxy) is 1. The molecule has 2 aromatic carbocycles. The fourth-order valence-electron chi connectivity index (χ4n) is 2.62. The highest BCUT2D eigenvalue weighted by Gasteiger charge is 2.34. The van der Waals surface area contributed by atoms with Crippen LogP contribution in [-0.2, 0) is 16.2 Å². The summed E-state index contributed by atoms with van der Waals surface area (Å²) >= 11 is 0. The summed E-state index contributed by atoms with van der Waals surface area (Å²) in [6, 6.07) is 8.55. The van der Waals surface area contributed by atoms with Gasteiger partial charge < -0.3 is 10.1 Å². The summed E-state index contributed by atoms with van der Waals surface area (Å²) in [6.07, 6.45) is -4.61. The number of fused-ring (bicyclic) bond motifs is 1. The lowest BCUT2D eigenvalue weighted by atomic mass is 10.2. The Balaban J connectivity index is 2.05. The van der Waals surface area contributed by atoms with E-state index >= 15 is 0 Å². The smallest absolute Gasteiger partial charge is 0.416 e. The van der Waals surface area contributed by atoms with Gasteiger partial charge in [0.2, 0.25) is 0 Å². The Hall–Kier alpha value is -2.42. The van der Waals surface area contributed by atoms with Crippen LogP contribution in [0.4, 0.5) is 24.5 Å². The molecule has 25 heavy (non-hydrogen) atoms. The van der Waals surface area contributed by atoms with E-state index in [0.717, 1.165) is 22.5 Å². The second kappa shape index (κ2) is 6.14. The maximum absolute atomic E-state index is 12.9. The molecule has 0 saturated heterocycles. The van der Waals surface area contributed by atoms with Crippen LogP contribution in [0.2, 0.25) is 0 Å². The lowest BCUT2D eigenvalue weighted by molar-refractivity contribution is -0.137. The topological polar surface area (TPSA) is 58.6 Å². The van der Waals surface area contributed by atoms with Crippen molar-refractivity contribution in [3.8, 4) is 5.75 Å². The third-order valence-electron chi connectivity index (χ3n) is 3.85. The highest BCUT2D eigenvalue weighted by Crippen LogP contribution is 2.37. The van der Waals surface area contributed by atoms with Gasteiger partial charge in [-0.1, -0.05) is 6.07 Å². The average molecular weight is 372 g/mol. The molecule has 134 valence electrons. The molecule has 1 aliphatic heterocycles. The van der Waals surface area contributed by atoms with Gasteiger partial charge in [0.1, 0.15) is 5.75 Å². The highest BCUT2D eigenvalue weighted by molar-refractivity contribution is 7.92. The molecule has 0 aromatic heterocycles. The zero-order chi connectivity index (χ0) is 18.2. The summed E-state index contributed by atoms with van der Waals surface area (Å²) in [4.78, 5) is -0.397. The van der Waals surface area contributed by atoms with Gasteiger partial charge in [0.05, 0.1) is 35.5 Å². The Morgan fingerprint density at radius 1 is 1.16 bits per heavy atom. The van der Waals surface area contributed by atoms with E-state index in [1.807, 2.05) is 0 Å². The first-order valence-corrected chi connectivity index (χ1v) is 8.79. The number of nitrogens with one attached hydrogen (secondary N) is 1. The number of rotatable bonds is 3. The number of hydrogen-bond donors (Lipinski definition) is 1. The van der Waals surface area contributed by atoms with Gasteiger partial charge in [0.15, 0.2) is 0 Å². The van der Waals surface area contributed by atoms with Crippen LogP contribution in [0.5, 0.6) is 5.75 Å². The molecule has 9 heteroatoms. The number of methoxy groups -OCH3 is 1. The molecular weight excluding hydrogens is 357 g/mol. The maximum atomic E-state index is 12.9. The van der Waals surface area contributed by atoms with Crippen molar-refractivity contribution in [2.24, 2.45) is 0 Å². The van der Waals surface area contributed by atoms with Crippen LogP contribution in [0.25, 0.3) is 0 Å². The number of alkyl halides is 3. The number of halogens is 3. The third kappa shape index (κ3) is 3.23. The largest absolute Gasteiger partial charge is 0.497 e. The molecule has 0 atom stereocenters. The van der Waals surface area contributed by atoms with Crippen molar-refractivity contribution in [1.29, 1.82) is 0 Å². The molecule has 0 radical (unpaired) electrons. The molecule has 0 spiro atoms. The molecular formula is C16H15F3N2O3S. The first-order valence-electron chi connectivity index (χ1n) is 7.35. The normalized spacial score (nSPS) is 14.6. The zero-order valence-corrected chi connectivity index (χ0v) is 14.0. The molecule has 0 bridgehead atoms. The molecule has 0 amide bonds. The summed E-state index contributed by atoms with van der Waals surface area (Å²) in [5.74, 6) is 0.546. The van der Waals surface area contributed by atoms with E-state index in [4.69, 9.17) is 4.74 Å². The molecule has 0 saturated carbocycles. The van der Waals surface area contributed by atoms with Gasteiger partial charge in [0.25, 0.3) is 10.0 Å². The van der Waals surface area contributed by atoms with Gasteiger partial charge in [0, 0.05) is 12.6 Å². The van der Waals surface area contributed by atoms with Crippen molar-refractivity contribution < 1.29 is 26.3 Å². The molecule has 3 rings (SSSR count). The van der Waals surface area contributed by atoms with E-state index in [-0.39, 0.29) is 6.54 Å². The van der Waals surface area contributed by atoms with Gasteiger partial charge in [-0.3, -0.25) is 4.31 Å². The van der Waals surface area contributed by atoms with E-state index in [9.17, 15) is 21.6 Å². The minimum Gasteiger partial charge on any atom is -0.497 e. The van der Waals surface area contributed by atoms with Crippen LogP contribution >= 0.6 is 0 Å². The van der Waals surface area contributed by atoms with Gasteiger partial charge in [-0.25, -0.2) is 8.42 Å². The third-order valence-corrected chi connectivity index (χ3v) is 5.66. The van der Waals surface area contributed by atoms with Crippen molar-refractivity contribution in [2.45, 2.75) is 11.1 Å². The molecule has 0 fully saturated rings. The zero-order valence-electron chi connectivity index (χ0n) is 13.2. The molecule has 1 heterocycles. The molecule has 0 aliphatic carbocycles.